The van der Waals surface area contributed by atoms with E-state index in [1.807, 2.05) is 20.8 Å². The number of hydrogen-bond acceptors (Lipinski definition) is 4. The predicted molar refractivity (Wildman–Crippen MR) is 68.8 cm³/mol. The van der Waals surface area contributed by atoms with Gasteiger partial charge in [0, 0.05) is 0 Å². The van der Waals surface area contributed by atoms with Crippen LogP contribution in [0.25, 0.3) is 0 Å². The minimum absolute atomic E-state index is 0.0380. The molecule has 0 saturated carbocycles. The van der Waals surface area contributed by atoms with Crippen LogP contribution in [0.1, 0.15) is 27.7 Å². The van der Waals surface area contributed by atoms with Gasteiger partial charge in [-0.1, -0.05) is 20.8 Å². The number of rotatable bonds is 8. The third-order valence-electron chi connectivity index (χ3n) is 2.61. The van der Waals surface area contributed by atoms with Gasteiger partial charge in [0.05, 0.1) is 19.1 Å². The molecule has 0 aromatic rings. The zero-order valence-electron chi connectivity index (χ0n) is 11.5. The van der Waals surface area contributed by atoms with Crippen LogP contribution >= 0.6 is 0 Å². The Morgan fingerprint density at radius 3 is 2.11 bits per heavy atom. The van der Waals surface area contributed by atoms with Gasteiger partial charge >= 0.3 is 0 Å². The number of amides is 2. The van der Waals surface area contributed by atoms with Crippen molar-refractivity contribution < 1.29 is 14.4 Å². The quantitative estimate of drug-likeness (QED) is 0.614. The SMILES string of the molecule is CCN(CC(N)=O)CC(=O)NC(C(C)=O)C(C)C. The van der Waals surface area contributed by atoms with Crippen LogP contribution in [-0.2, 0) is 14.4 Å². The Morgan fingerprint density at radius 2 is 1.78 bits per heavy atom. The molecular weight excluding hydrogens is 234 g/mol. The van der Waals surface area contributed by atoms with E-state index in [1.54, 1.807) is 4.90 Å². The van der Waals surface area contributed by atoms with E-state index in [2.05, 4.69) is 5.32 Å². The first-order valence-electron chi connectivity index (χ1n) is 6.08. The van der Waals surface area contributed by atoms with E-state index in [9.17, 15) is 14.4 Å². The van der Waals surface area contributed by atoms with Gasteiger partial charge < -0.3 is 11.1 Å². The molecule has 1 atom stereocenters. The second kappa shape index (κ2) is 7.81. The van der Waals surface area contributed by atoms with E-state index in [4.69, 9.17) is 5.73 Å². The molecule has 0 aromatic heterocycles. The number of nitrogens with one attached hydrogen (secondary N) is 1. The van der Waals surface area contributed by atoms with Crippen LogP contribution in [0.3, 0.4) is 0 Å². The van der Waals surface area contributed by atoms with Crippen molar-refractivity contribution >= 4 is 17.6 Å². The summed E-state index contributed by atoms with van der Waals surface area (Å²) in [4.78, 5) is 35.5. The molecule has 2 amide bonds. The zero-order valence-corrected chi connectivity index (χ0v) is 11.5. The van der Waals surface area contributed by atoms with Crippen LogP contribution in [-0.4, -0.2) is 48.2 Å². The standard InChI is InChI=1S/C12H23N3O3/c1-5-15(6-10(13)17)7-11(18)14-12(8(2)3)9(4)16/h8,12H,5-7H2,1-4H3,(H2,13,17)(H,14,18). The molecule has 104 valence electrons. The number of nitrogens with two attached hydrogens (primary N) is 1. The highest BCUT2D eigenvalue weighted by molar-refractivity contribution is 5.88. The first-order valence-corrected chi connectivity index (χ1v) is 6.08. The largest absolute Gasteiger partial charge is 0.369 e. The summed E-state index contributed by atoms with van der Waals surface area (Å²) in [6.07, 6.45) is 0. The van der Waals surface area contributed by atoms with Crippen molar-refractivity contribution in [1.29, 1.82) is 0 Å². The highest BCUT2D eigenvalue weighted by Gasteiger charge is 2.21. The number of nitrogens with zero attached hydrogens (tertiary/aromatic N) is 1. The Bertz CT molecular complexity index is 316. The fourth-order valence-corrected chi connectivity index (χ4v) is 1.66. The minimum atomic E-state index is -0.482. The smallest absolute Gasteiger partial charge is 0.234 e. The van der Waals surface area contributed by atoms with Gasteiger partial charge in [0.2, 0.25) is 11.8 Å². The van der Waals surface area contributed by atoms with E-state index in [-0.39, 0.29) is 30.7 Å². The number of hydrogen-bond donors (Lipinski definition) is 2. The molecular formula is C12H23N3O3. The fourth-order valence-electron chi connectivity index (χ4n) is 1.66. The van der Waals surface area contributed by atoms with Crippen molar-refractivity contribution in [3.63, 3.8) is 0 Å². The van der Waals surface area contributed by atoms with E-state index in [0.717, 1.165) is 0 Å². The minimum Gasteiger partial charge on any atom is -0.369 e. The summed E-state index contributed by atoms with van der Waals surface area (Å²) in [5.74, 6) is -0.780. The molecule has 18 heavy (non-hydrogen) atoms. The van der Waals surface area contributed by atoms with Crippen molar-refractivity contribution in [2.75, 3.05) is 19.6 Å². The molecule has 0 aromatic carbocycles. The number of carbonyl (C=O) groups excluding carboxylic acids is 3. The summed E-state index contributed by atoms with van der Waals surface area (Å²) in [5, 5.41) is 2.67. The lowest BCUT2D eigenvalue weighted by molar-refractivity contribution is -0.129. The lowest BCUT2D eigenvalue weighted by atomic mass is 10.0. The fraction of sp³-hybridized carbons (Fsp3) is 0.750. The second-order valence-corrected chi connectivity index (χ2v) is 4.67. The normalized spacial score (nSPS) is 12.6. The average molecular weight is 257 g/mol. The molecule has 1 unspecified atom stereocenters. The summed E-state index contributed by atoms with van der Waals surface area (Å²) in [5.41, 5.74) is 5.08. The molecule has 6 heteroatoms. The Kier molecular flexibility index (Phi) is 7.19. The maximum Gasteiger partial charge on any atom is 0.234 e. The van der Waals surface area contributed by atoms with Gasteiger partial charge in [-0.3, -0.25) is 19.3 Å². The van der Waals surface area contributed by atoms with Gasteiger partial charge in [-0.15, -0.1) is 0 Å². The highest BCUT2D eigenvalue weighted by atomic mass is 16.2. The van der Waals surface area contributed by atoms with Gasteiger partial charge in [0.15, 0.2) is 5.78 Å². The van der Waals surface area contributed by atoms with Gasteiger partial charge in [0.25, 0.3) is 0 Å². The molecule has 0 saturated heterocycles. The lowest BCUT2D eigenvalue weighted by Gasteiger charge is -2.22. The maximum atomic E-state index is 11.8. The Balaban J connectivity index is 4.38. The monoisotopic (exact) mass is 257 g/mol. The van der Waals surface area contributed by atoms with E-state index >= 15 is 0 Å². The van der Waals surface area contributed by atoms with Gasteiger partial charge in [-0.25, -0.2) is 0 Å². The summed E-state index contributed by atoms with van der Waals surface area (Å²) in [6, 6.07) is -0.482. The van der Waals surface area contributed by atoms with Crippen LogP contribution in [0.2, 0.25) is 0 Å². The van der Waals surface area contributed by atoms with Crippen molar-refractivity contribution in [2.45, 2.75) is 33.7 Å². The third-order valence-corrected chi connectivity index (χ3v) is 2.61. The number of primary amides is 1. The first-order chi connectivity index (χ1) is 8.27. The van der Waals surface area contributed by atoms with E-state index < -0.39 is 11.9 Å². The molecule has 0 fully saturated rings. The summed E-state index contributed by atoms with van der Waals surface area (Å²) in [6.45, 7) is 7.67. The van der Waals surface area contributed by atoms with Crippen LogP contribution < -0.4 is 11.1 Å². The molecule has 0 heterocycles. The molecule has 0 rings (SSSR count). The van der Waals surface area contributed by atoms with E-state index in [0.29, 0.717) is 6.54 Å². The van der Waals surface area contributed by atoms with E-state index in [1.165, 1.54) is 6.92 Å². The predicted octanol–water partition coefficient (Wildman–Crippen LogP) is -0.477. The Labute approximate surface area is 108 Å². The highest BCUT2D eigenvalue weighted by Crippen LogP contribution is 2.02. The lowest BCUT2D eigenvalue weighted by Crippen LogP contribution is -2.48. The Morgan fingerprint density at radius 1 is 1.22 bits per heavy atom. The number of Topliss-reactive ketones (excluding diaryl/α,β-unsaturated/α-hetero) is 1. The van der Waals surface area contributed by atoms with Crippen molar-refractivity contribution in [2.24, 2.45) is 11.7 Å². The van der Waals surface area contributed by atoms with Gasteiger partial charge in [0.1, 0.15) is 0 Å². The van der Waals surface area contributed by atoms with Crippen molar-refractivity contribution in [3.05, 3.63) is 0 Å². The van der Waals surface area contributed by atoms with Crippen LogP contribution in [0.4, 0.5) is 0 Å². The van der Waals surface area contributed by atoms with Crippen LogP contribution in [0.15, 0.2) is 0 Å². The van der Waals surface area contributed by atoms with Crippen molar-refractivity contribution in [1.82, 2.24) is 10.2 Å². The zero-order chi connectivity index (χ0) is 14.3. The number of likely N-dealkylation sites (N-methyl/N-ethyl adjacent to an activating group) is 1. The molecule has 0 bridgehead atoms. The maximum absolute atomic E-state index is 11.8. The molecule has 0 aliphatic carbocycles. The molecule has 0 aliphatic heterocycles. The van der Waals surface area contributed by atoms with Crippen LogP contribution in [0.5, 0.6) is 0 Å². The average Bonchev–Trinajstić information content (AvgIpc) is 2.23. The molecule has 3 N–H and O–H groups in total. The third kappa shape index (κ3) is 6.34. The molecule has 0 aliphatic rings. The first kappa shape index (κ1) is 16.6. The Hall–Kier alpha value is -1.43. The number of carbonyl (C=O) groups is 3. The number of ketones is 1. The van der Waals surface area contributed by atoms with Gasteiger partial charge in [-0.05, 0) is 19.4 Å². The van der Waals surface area contributed by atoms with Crippen molar-refractivity contribution in [3.8, 4) is 0 Å². The molecule has 6 nitrogen and oxygen atoms in total. The summed E-state index contributed by atoms with van der Waals surface area (Å²) >= 11 is 0. The molecule has 0 radical (unpaired) electrons. The summed E-state index contributed by atoms with van der Waals surface area (Å²) in [7, 11) is 0. The summed E-state index contributed by atoms with van der Waals surface area (Å²) < 4.78 is 0. The van der Waals surface area contributed by atoms with Crippen LogP contribution in [0, 0.1) is 5.92 Å². The molecule has 0 spiro atoms. The van der Waals surface area contributed by atoms with Gasteiger partial charge in [-0.2, -0.15) is 0 Å². The second-order valence-electron chi connectivity index (χ2n) is 4.67. The topological polar surface area (TPSA) is 92.5 Å².